The third-order valence-electron chi connectivity index (χ3n) is 3.02. The van der Waals surface area contributed by atoms with Crippen LogP contribution in [-0.2, 0) is 11.2 Å². The van der Waals surface area contributed by atoms with Crippen LogP contribution in [0.25, 0.3) is 0 Å². The summed E-state index contributed by atoms with van der Waals surface area (Å²) in [6.45, 7) is 1.87. The van der Waals surface area contributed by atoms with E-state index in [1.165, 1.54) is 6.07 Å². The van der Waals surface area contributed by atoms with E-state index in [9.17, 15) is 9.18 Å². The molecule has 86 valence electrons. The lowest BCUT2D eigenvalue weighted by molar-refractivity contribution is -0.119. The first-order chi connectivity index (χ1) is 7.59. The topological polar surface area (TPSA) is 17.1 Å². The van der Waals surface area contributed by atoms with Crippen LogP contribution in [0.2, 0.25) is 0 Å². The molecule has 1 nitrogen and oxygen atoms in total. The van der Waals surface area contributed by atoms with Gasteiger partial charge in [-0.3, -0.25) is 4.79 Å². The molecular formula is C13H14BrFO. The maximum absolute atomic E-state index is 13.6. The molecule has 0 radical (unpaired) electrons. The van der Waals surface area contributed by atoms with Gasteiger partial charge in [0.05, 0.1) is 4.83 Å². The number of halogens is 2. The highest BCUT2D eigenvalue weighted by Gasteiger charge is 2.33. The fourth-order valence-electron chi connectivity index (χ4n) is 1.83. The van der Waals surface area contributed by atoms with Crippen LogP contribution >= 0.6 is 15.9 Å². The largest absolute Gasteiger partial charge is 0.298 e. The Morgan fingerprint density at radius 2 is 2.25 bits per heavy atom. The Balaban J connectivity index is 2.10. The molecule has 1 fully saturated rings. The van der Waals surface area contributed by atoms with Crippen molar-refractivity contribution in [2.24, 2.45) is 5.92 Å². The monoisotopic (exact) mass is 284 g/mol. The highest BCUT2D eigenvalue weighted by Crippen LogP contribution is 2.33. The van der Waals surface area contributed by atoms with Crippen molar-refractivity contribution >= 4 is 21.7 Å². The molecule has 0 aromatic heterocycles. The van der Waals surface area contributed by atoms with Gasteiger partial charge in [-0.25, -0.2) is 4.39 Å². The Labute approximate surface area is 103 Å². The van der Waals surface area contributed by atoms with Gasteiger partial charge in [-0.05, 0) is 43.4 Å². The van der Waals surface area contributed by atoms with Gasteiger partial charge in [-0.1, -0.05) is 28.1 Å². The van der Waals surface area contributed by atoms with E-state index in [0.717, 1.165) is 18.4 Å². The van der Waals surface area contributed by atoms with Crippen molar-refractivity contribution in [3.05, 3.63) is 35.1 Å². The van der Waals surface area contributed by atoms with E-state index < -0.39 is 0 Å². The van der Waals surface area contributed by atoms with Gasteiger partial charge in [0, 0.05) is 5.92 Å². The Morgan fingerprint density at radius 1 is 1.56 bits per heavy atom. The summed E-state index contributed by atoms with van der Waals surface area (Å²) < 4.78 is 13.6. The number of aryl methyl sites for hydroxylation is 1. The van der Waals surface area contributed by atoms with Gasteiger partial charge in [0.2, 0.25) is 0 Å². The molecule has 1 atom stereocenters. The number of benzene rings is 1. The number of carbonyl (C=O) groups is 1. The molecule has 1 aromatic carbocycles. The molecule has 0 heterocycles. The smallest absolute Gasteiger partial charge is 0.149 e. The van der Waals surface area contributed by atoms with Gasteiger partial charge in [0.1, 0.15) is 11.6 Å². The molecule has 16 heavy (non-hydrogen) atoms. The molecular weight excluding hydrogens is 271 g/mol. The fourth-order valence-corrected chi connectivity index (χ4v) is 2.53. The summed E-state index contributed by atoms with van der Waals surface area (Å²) in [7, 11) is 0. The first kappa shape index (κ1) is 11.8. The zero-order chi connectivity index (χ0) is 11.7. The zero-order valence-electron chi connectivity index (χ0n) is 9.17. The highest BCUT2D eigenvalue weighted by molar-refractivity contribution is 9.10. The summed E-state index contributed by atoms with van der Waals surface area (Å²) in [5.74, 6) is 0.229. The number of alkyl halides is 1. The van der Waals surface area contributed by atoms with E-state index in [-0.39, 0.29) is 22.3 Å². The number of hydrogen-bond acceptors (Lipinski definition) is 1. The number of rotatable bonds is 4. The zero-order valence-corrected chi connectivity index (χ0v) is 10.8. The molecule has 2 rings (SSSR count). The highest BCUT2D eigenvalue weighted by atomic mass is 79.9. The summed E-state index contributed by atoms with van der Waals surface area (Å²) in [6, 6.07) is 5.02. The van der Waals surface area contributed by atoms with Crippen LogP contribution in [0.3, 0.4) is 0 Å². The SMILES string of the molecule is Cc1cccc(F)c1CC(Br)C(=O)C1CC1. The van der Waals surface area contributed by atoms with Crippen molar-refractivity contribution in [3.63, 3.8) is 0 Å². The lowest BCUT2D eigenvalue weighted by atomic mass is 10.0. The number of ketones is 1. The predicted octanol–water partition coefficient (Wildman–Crippen LogP) is 3.42. The second-order valence-corrected chi connectivity index (χ2v) is 5.49. The Kier molecular flexibility index (Phi) is 3.43. The molecule has 1 aromatic rings. The van der Waals surface area contributed by atoms with Crippen molar-refractivity contribution in [2.45, 2.75) is 31.0 Å². The average Bonchev–Trinajstić information content (AvgIpc) is 3.06. The number of carbonyl (C=O) groups excluding carboxylic acids is 1. The van der Waals surface area contributed by atoms with Crippen molar-refractivity contribution in [1.82, 2.24) is 0 Å². The second kappa shape index (κ2) is 4.66. The molecule has 1 unspecified atom stereocenters. The second-order valence-electron chi connectivity index (χ2n) is 4.38. The van der Waals surface area contributed by atoms with E-state index in [4.69, 9.17) is 0 Å². The maximum Gasteiger partial charge on any atom is 0.149 e. The quantitative estimate of drug-likeness (QED) is 0.775. The molecule has 0 aliphatic heterocycles. The van der Waals surface area contributed by atoms with Gasteiger partial charge in [0.15, 0.2) is 0 Å². The Morgan fingerprint density at radius 3 is 2.81 bits per heavy atom. The van der Waals surface area contributed by atoms with Gasteiger partial charge < -0.3 is 0 Å². The minimum absolute atomic E-state index is 0.215. The van der Waals surface area contributed by atoms with Crippen LogP contribution in [0.5, 0.6) is 0 Å². The van der Waals surface area contributed by atoms with E-state index >= 15 is 0 Å². The van der Waals surface area contributed by atoms with Crippen LogP contribution in [0.1, 0.15) is 24.0 Å². The van der Waals surface area contributed by atoms with Gasteiger partial charge in [0.25, 0.3) is 0 Å². The molecule has 0 spiro atoms. The van der Waals surface area contributed by atoms with Crippen molar-refractivity contribution in [1.29, 1.82) is 0 Å². The molecule has 1 aliphatic rings. The summed E-state index contributed by atoms with van der Waals surface area (Å²) >= 11 is 3.37. The summed E-state index contributed by atoms with van der Waals surface area (Å²) in [4.78, 5) is 11.5. The first-order valence-corrected chi connectivity index (χ1v) is 6.43. The van der Waals surface area contributed by atoms with E-state index in [1.807, 2.05) is 13.0 Å². The predicted molar refractivity (Wildman–Crippen MR) is 65.3 cm³/mol. The van der Waals surface area contributed by atoms with Gasteiger partial charge >= 0.3 is 0 Å². The summed E-state index contributed by atoms with van der Waals surface area (Å²) in [6.07, 6.45) is 2.45. The van der Waals surface area contributed by atoms with E-state index in [0.29, 0.717) is 12.0 Å². The van der Waals surface area contributed by atoms with Crippen LogP contribution in [0, 0.1) is 18.7 Å². The lowest BCUT2D eigenvalue weighted by Crippen LogP contribution is -2.19. The Bertz CT molecular complexity index is 392. The minimum Gasteiger partial charge on any atom is -0.298 e. The van der Waals surface area contributed by atoms with Crippen molar-refractivity contribution in [2.75, 3.05) is 0 Å². The van der Waals surface area contributed by atoms with Gasteiger partial charge in [-0.15, -0.1) is 0 Å². The normalized spacial score (nSPS) is 17.2. The van der Waals surface area contributed by atoms with Crippen molar-refractivity contribution in [3.8, 4) is 0 Å². The Hall–Kier alpha value is -0.700. The molecule has 0 saturated heterocycles. The van der Waals surface area contributed by atoms with Crippen LogP contribution < -0.4 is 0 Å². The van der Waals surface area contributed by atoms with Crippen LogP contribution in [0.4, 0.5) is 4.39 Å². The maximum atomic E-state index is 13.6. The van der Waals surface area contributed by atoms with Crippen molar-refractivity contribution < 1.29 is 9.18 Å². The molecule has 3 heteroatoms. The summed E-state index contributed by atoms with van der Waals surface area (Å²) in [5.41, 5.74) is 1.56. The first-order valence-electron chi connectivity index (χ1n) is 5.51. The average molecular weight is 285 g/mol. The molecule has 0 bridgehead atoms. The molecule has 1 saturated carbocycles. The number of hydrogen-bond donors (Lipinski definition) is 0. The summed E-state index contributed by atoms with van der Waals surface area (Å²) in [5, 5.41) is 0. The number of Topliss-reactive ketones (excluding diaryl/α,β-unsaturated/α-hetero) is 1. The fraction of sp³-hybridized carbons (Fsp3) is 0.462. The molecule has 0 amide bonds. The lowest BCUT2D eigenvalue weighted by Gasteiger charge is -2.11. The third kappa shape index (κ3) is 2.51. The standard InChI is InChI=1S/C13H14BrFO/c1-8-3-2-4-12(15)10(8)7-11(14)13(16)9-5-6-9/h2-4,9,11H,5-7H2,1H3. The van der Waals surface area contributed by atoms with Gasteiger partial charge in [-0.2, -0.15) is 0 Å². The minimum atomic E-state index is -0.240. The molecule has 1 aliphatic carbocycles. The third-order valence-corrected chi connectivity index (χ3v) is 3.80. The van der Waals surface area contributed by atoms with E-state index in [1.54, 1.807) is 6.07 Å². The van der Waals surface area contributed by atoms with Crippen LogP contribution in [-0.4, -0.2) is 10.6 Å². The van der Waals surface area contributed by atoms with Crippen LogP contribution in [0.15, 0.2) is 18.2 Å². The molecule has 0 N–H and O–H groups in total. The van der Waals surface area contributed by atoms with E-state index in [2.05, 4.69) is 15.9 Å².